The lowest BCUT2D eigenvalue weighted by Gasteiger charge is -2.25. The Morgan fingerprint density at radius 3 is 2.37 bits per heavy atom. The van der Waals surface area contributed by atoms with Crippen molar-refractivity contribution in [1.82, 2.24) is 4.90 Å². The van der Waals surface area contributed by atoms with E-state index in [4.69, 9.17) is 9.88 Å². The lowest BCUT2D eigenvalue weighted by Crippen LogP contribution is -2.33. The highest BCUT2D eigenvalue weighted by Crippen LogP contribution is 2.19. The van der Waals surface area contributed by atoms with E-state index >= 15 is 0 Å². The average molecular weight is 390 g/mol. The van der Waals surface area contributed by atoms with Crippen LogP contribution in [0.25, 0.3) is 0 Å². The smallest absolute Gasteiger partial charge is 0.338 e. The van der Waals surface area contributed by atoms with Crippen molar-refractivity contribution < 1.29 is 22.7 Å². The van der Waals surface area contributed by atoms with Crippen LogP contribution in [0.2, 0.25) is 0 Å². The summed E-state index contributed by atoms with van der Waals surface area (Å²) in [7, 11) is -2.34. The Morgan fingerprint density at radius 2 is 1.78 bits per heavy atom. The van der Waals surface area contributed by atoms with E-state index in [9.17, 15) is 18.0 Å². The molecule has 0 aliphatic rings. The number of likely N-dealkylation sites (N-methyl/N-ethyl adjacent to an activating group) is 1. The Morgan fingerprint density at radius 1 is 1.15 bits per heavy atom. The molecule has 1 amide bonds. The second kappa shape index (κ2) is 8.32. The fourth-order valence-corrected chi connectivity index (χ4v) is 3.33. The van der Waals surface area contributed by atoms with Crippen LogP contribution < -0.4 is 5.14 Å². The van der Waals surface area contributed by atoms with Gasteiger partial charge in [-0.2, -0.15) is 0 Å². The zero-order valence-corrected chi connectivity index (χ0v) is 16.2. The summed E-state index contributed by atoms with van der Waals surface area (Å²) in [6.45, 7) is 2.98. The van der Waals surface area contributed by atoms with Gasteiger partial charge in [-0.25, -0.2) is 18.4 Å². The zero-order chi connectivity index (χ0) is 20.2. The first kappa shape index (κ1) is 20.6. The van der Waals surface area contributed by atoms with Crippen molar-refractivity contribution >= 4 is 21.9 Å². The molecule has 0 heterocycles. The summed E-state index contributed by atoms with van der Waals surface area (Å²) in [6, 6.07) is 13.3. The number of nitrogens with two attached hydrogens (primary N) is 1. The number of primary sulfonamides is 1. The summed E-state index contributed by atoms with van der Waals surface area (Å²) >= 11 is 0. The number of carbonyl (C=O) groups excluding carboxylic acids is 2. The van der Waals surface area contributed by atoms with Crippen molar-refractivity contribution in [3.63, 3.8) is 0 Å². The SMILES string of the molecule is Cc1ccc(C(=O)OCC(=O)N(C)C(C)c2ccccc2)cc1S(N)(=O)=O. The molecule has 144 valence electrons. The Hall–Kier alpha value is -2.71. The number of amides is 1. The van der Waals surface area contributed by atoms with Crippen molar-refractivity contribution in [2.45, 2.75) is 24.8 Å². The molecular formula is C19H22N2O5S. The molecular weight excluding hydrogens is 368 g/mol. The number of aryl methyl sites for hydroxylation is 1. The van der Waals surface area contributed by atoms with E-state index in [1.807, 2.05) is 37.3 Å². The third-order valence-corrected chi connectivity index (χ3v) is 5.37. The Bertz CT molecular complexity index is 942. The van der Waals surface area contributed by atoms with Crippen LogP contribution in [0.3, 0.4) is 0 Å². The van der Waals surface area contributed by atoms with Gasteiger partial charge < -0.3 is 9.64 Å². The molecule has 0 aliphatic heterocycles. The minimum atomic E-state index is -3.96. The molecule has 0 radical (unpaired) electrons. The largest absolute Gasteiger partial charge is 0.452 e. The monoisotopic (exact) mass is 390 g/mol. The maximum atomic E-state index is 12.3. The number of ether oxygens (including phenoxy) is 1. The van der Waals surface area contributed by atoms with Gasteiger partial charge in [0.05, 0.1) is 16.5 Å². The maximum Gasteiger partial charge on any atom is 0.338 e. The number of hydrogen-bond acceptors (Lipinski definition) is 5. The third kappa shape index (κ3) is 5.15. The van der Waals surface area contributed by atoms with E-state index in [2.05, 4.69) is 0 Å². The molecule has 0 aliphatic carbocycles. The molecule has 0 fully saturated rings. The molecule has 7 nitrogen and oxygen atoms in total. The number of sulfonamides is 1. The Balaban J connectivity index is 2.04. The zero-order valence-electron chi connectivity index (χ0n) is 15.4. The quantitative estimate of drug-likeness (QED) is 0.760. The van der Waals surface area contributed by atoms with Gasteiger partial charge >= 0.3 is 5.97 Å². The molecule has 0 saturated carbocycles. The van der Waals surface area contributed by atoms with Gasteiger partial charge in [0.15, 0.2) is 6.61 Å². The molecule has 2 aromatic carbocycles. The van der Waals surface area contributed by atoms with E-state index in [1.54, 1.807) is 14.0 Å². The second-order valence-electron chi connectivity index (χ2n) is 6.19. The van der Waals surface area contributed by atoms with Crippen LogP contribution in [-0.2, 0) is 19.6 Å². The van der Waals surface area contributed by atoms with Crippen molar-refractivity contribution in [3.05, 3.63) is 65.2 Å². The van der Waals surface area contributed by atoms with Crippen LogP contribution in [0.15, 0.2) is 53.4 Å². The van der Waals surface area contributed by atoms with Gasteiger partial charge in [0.2, 0.25) is 10.0 Å². The summed E-state index contributed by atoms with van der Waals surface area (Å²) in [5.41, 5.74) is 1.38. The van der Waals surface area contributed by atoms with Crippen molar-refractivity contribution in [3.8, 4) is 0 Å². The first-order chi connectivity index (χ1) is 12.6. The molecule has 8 heteroatoms. The maximum absolute atomic E-state index is 12.3. The standard InChI is InChI=1S/C19H22N2O5S/c1-13-9-10-16(11-17(13)27(20,24)25)19(23)26-12-18(22)21(3)14(2)15-7-5-4-6-8-15/h4-11,14H,12H2,1-3H3,(H2,20,24,25). The summed E-state index contributed by atoms with van der Waals surface area (Å²) < 4.78 is 28.2. The van der Waals surface area contributed by atoms with Crippen LogP contribution in [-0.4, -0.2) is 38.8 Å². The fraction of sp³-hybridized carbons (Fsp3) is 0.263. The minimum absolute atomic E-state index is 0.0104. The third-order valence-electron chi connectivity index (χ3n) is 4.31. The van der Waals surface area contributed by atoms with Crippen LogP contribution in [0.1, 0.15) is 34.5 Å². The van der Waals surface area contributed by atoms with Gasteiger partial charge in [0, 0.05) is 7.05 Å². The molecule has 0 saturated heterocycles. The topological polar surface area (TPSA) is 107 Å². The molecule has 1 atom stereocenters. The molecule has 0 aromatic heterocycles. The van der Waals surface area contributed by atoms with Crippen molar-refractivity contribution in [1.29, 1.82) is 0 Å². The first-order valence-electron chi connectivity index (χ1n) is 8.22. The van der Waals surface area contributed by atoms with Gasteiger partial charge in [-0.1, -0.05) is 36.4 Å². The molecule has 2 aromatic rings. The van der Waals surface area contributed by atoms with Crippen molar-refractivity contribution in [2.24, 2.45) is 5.14 Å². The second-order valence-corrected chi connectivity index (χ2v) is 7.72. The minimum Gasteiger partial charge on any atom is -0.452 e. The molecule has 1 unspecified atom stereocenters. The highest BCUT2D eigenvalue weighted by atomic mass is 32.2. The van der Waals surface area contributed by atoms with Gasteiger partial charge in [0.25, 0.3) is 5.91 Å². The number of carbonyl (C=O) groups is 2. The summed E-state index contributed by atoms with van der Waals surface area (Å²) in [4.78, 5) is 25.8. The number of hydrogen-bond donors (Lipinski definition) is 1. The summed E-state index contributed by atoms with van der Waals surface area (Å²) in [5.74, 6) is -1.17. The van der Waals surface area contributed by atoms with Crippen LogP contribution in [0.4, 0.5) is 0 Å². The molecule has 2 rings (SSSR count). The molecule has 27 heavy (non-hydrogen) atoms. The van der Waals surface area contributed by atoms with E-state index in [1.165, 1.54) is 17.0 Å². The lowest BCUT2D eigenvalue weighted by molar-refractivity contribution is -0.135. The van der Waals surface area contributed by atoms with Crippen LogP contribution in [0.5, 0.6) is 0 Å². The highest BCUT2D eigenvalue weighted by Gasteiger charge is 2.20. The predicted octanol–water partition coefficient (Wildman–Crippen LogP) is 2.02. The molecule has 2 N–H and O–H groups in total. The van der Waals surface area contributed by atoms with Gasteiger partial charge in [-0.15, -0.1) is 0 Å². The van der Waals surface area contributed by atoms with Crippen LogP contribution >= 0.6 is 0 Å². The van der Waals surface area contributed by atoms with E-state index in [-0.39, 0.29) is 22.4 Å². The average Bonchev–Trinajstić information content (AvgIpc) is 2.64. The van der Waals surface area contributed by atoms with Gasteiger partial charge in [-0.05, 0) is 37.1 Å². The normalized spacial score (nSPS) is 12.3. The van der Waals surface area contributed by atoms with Crippen LogP contribution in [0, 0.1) is 6.92 Å². The highest BCUT2D eigenvalue weighted by molar-refractivity contribution is 7.89. The van der Waals surface area contributed by atoms with E-state index < -0.39 is 22.6 Å². The summed E-state index contributed by atoms with van der Waals surface area (Å²) in [5, 5.41) is 5.14. The van der Waals surface area contributed by atoms with Gasteiger partial charge in [0.1, 0.15) is 0 Å². The summed E-state index contributed by atoms with van der Waals surface area (Å²) in [6.07, 6.45) is 0. The Labute approximate surface area is 158 Å². The fourth-order valence-electron chi connectivity index (χ4n) is 2.52. The predicted molar refractivity (Wildman–Crippen MR) is 100 cm³/mol. The number of esters is 1. The first-order valence-corrected chi connectivity index (χ1v) is 9.77. The number of nitrogens with zero attached hydrogens (tertiary/aromatic N) is 1. The van der Waals surface area contributed by atoms with Crippen molar-refractivity contribution in [2.75, 3.05) is 13.7 Å². The van der Waals surface area contributed by atoms with E-state index in [0.29, 0.717) is 5.56 Å². The lowest BCUT2D eigenvalue weighted by atomic mass is 10.1. The molecule has 0 bridgehead atoms. The van der Waals surface area contributed by atoms with Gasteiger partial charge in [-0.3, -0.25) is 4.79 Å². The molecule has 0 spiro atoms. The number of rotatable bonds is 6. The number of benzene rings is 2. The van der Waals surface area contributed by atoms with E-state index in [0.717, 1.165) is 11.6 Å². The Kier molecular flexibility index (Phi) is 6.35.